The fourth-order valence-corrected chi connectivity index (χ4v) is 19.1. The molecule has 13 heterocycles. The quantitative estimate of drug-likeness (QED) is 0.0173. The van der Waals surface area contributed by atoms with Crippen LogP contribution in [0.4, 0.5) is 32.2 Å². The van der Waals surface area contributed by atoms with Crippen LogP contribution in [0, 0.1) is 61.2 Å². The van der Waals surface area contributed by atoms with Crippen molar-refractivity contribution < 1.29 is 102 Å². The summed E-state index contributed by atoms with van der Waals surface area (Å²) in [6.45, 7) is 34.6. The summed E-state index contributed by atoms with van der Waals surface area (Å²) in [5.74, 6) is 1.39. The summed E-state index contributed by atoms with van der Waals surface area (Å²) in [5.41, 5.74) is 10.5. The number of methoxy groups -OCH3 is 3. The molecule has 12 aliphatic rings. The van der Waals surface area contributed by atoms with Crippen LogP contribution in [0.2, 0.25) is 0 Å². The van der Waals surface area contributed by atoms with Crippen LogP contribution in [0.25, 0.3) is 0 Å². The van der Waals surface area contributed by atoms with Crippen molar-refractivity contribution in [2.24, 2.45) is 55.3 Å². The number of aromatic nitrogens is 6. The van der Waals surface area contributed by atoms with Crippen LogP contribution in [0.5, 0.6) is 0 Å². The molecule has 0 spiro atoms. The Morgan fingerprint density at radius 3 is 1.46 bits per heavy atom. The maximum atomic E-state index is 13.5. The number of aryl methyl sites for hydroxylation is 3. The molecule has 0 bridgehead atoms. The first-order valence-electron chi connectivity index (χ1n) is 44.7. The monoisotopic (exact) mass is 1910 g/mol. The fourth-order valence-electron chi connectivity index (χ4n) is 19.1. The first kappa shape index (κ1) is 104. The summed E-state index contributed by atoms with van der Waals surface area (Å²) < 4.78 is 32.7. The lowest BCUT2D eigenvalue weighted by molar-refractivity contribution is -0.285. The molecule has 746 valence electrons. The summed E-state index contributed by atoms with van der Waals surface area (Å²) in [6, 6.07) is -3.87. The van der Waals surface area contributed by atoms with Crippen molar-refractivity contribution in [3.05, 3.63) is 57.7 Å². The molecule has 3 fully saturated rings. The third-order valence-corrected chi connectivity index (χ3v) is 26.2. The Kier molecular flexibility index (Phi) is 31.5. The number of alkyl carbamates (subject to hydrolysis) is 3. The van der Waals surface area contributed by atoms with Crippen LogP contribution >= 0.6 is 0 Å². The lowest BCUT2D eigenvalue weighted by atomic mass is 9.93. The van der Waals surface area contributed by atoms with E-state index in [1.807, 2.05) is 144 Å². The number of carbonyl (C=O) groups is 11. The van der Waals surface area contributed by atoms with Gasteiger partial charge in [0.1, 0.15) is 68.6 Å². The van der Waals surface area contributed by atoms with Gasteiger partial charge in [-0.3, -0.25) is 88.3 Å². The Hall–Kier alpha value is -12.9. The van der Waals surface area contributed by atoms with Crippen LogP contribution in [0.3, 0.4) is 0 Å². The minimum absolute atomic E-state index is 0.00201. The molecule has 2 saturated carbocycles. The maximum absolute atomic E-state index is 13.5. The minimum Gasteiger partial charge on any atom is -0.466 e. The third-order valence-electron chi connectivity index (χ3n) is 26.2. The molecule has 1 saturated heterocycles. The van der Waals surface area contributed by atoms with Crippen molar-refractivity contribution >= 4 is 122 Å². The number of guanidine groups is 2. The molecule has 3 aromatic rings. The van der Waals surface area contributed by atoms with Gasteiger partial charge in [-0.2, -0.15) is 0 Å². The van der Waals surface area contributed by atoms with E-state index >= 15 is 0 Å². The summed E-state index contributed by atoms with van der Waals surface area (Å²) in [7, 11) is 11.2. The molecule has 5 amide bonds. The summed E-state index contributed by atoms with van der Waals surface area (Å²) in [4.78, 5) is 183. The van der Waals surface area contributed by atoms with E-state index in [2.05, 4.69) is 124 Å². The van der Waals surface area contributed by atoms with Gasteiger partial charge < -0.3 is 116 Å². The smallest absolute Gasteiger partial charge is 0.407 e. The number of imidazole rings is 3. The Bertz CT molecular complexity index is 5230. The zero-order chi connectivity index (χ0) is 100. The molecule has 0 radical (unpaired) electrons. The Balaban J connectivity index is 0.000000166. The second-order valence-electron chi connectivity index (χ2n) is 39.4. The van der Waals surface area contributed by atoms with E-state index in [1.54, 1.807) is 44.4 Å². The molecule has 10 aliphatic heterocycles. The minimum atomic E-state index is -1.18. The lowest BCUT2D eigenvalue weighted by Crippen LogP contribution is -2.64. The summed E-state index contributed by atoms with van der Waals surface area (Å²) in [6.07, 6.45) is 4.96. The molecule has 14 N–H and O–H groups in total. The second kappa shape index (κ2) is 41.3. The lowest BCUT2D eigenvalue weighted by Gasteiger charge is -2.44. The number of nitrogens with one attached hydrogen (secondary N) is 9. The van der Waals surface area contributed by atoms with E-state index in [9.17, 15) is 68.2 Å². The van der Waals surface area contributed by atoms with Crippen molar-refractivity contribution in [2.45, 2.75) is 263 Å². The number of hydrogen-bond donors (Lipinski definition) is 13. The van der Waals surface area contributed by atoms with Gasteiger partial charge in [-0.15, -0.1) is 0 Å². The van der Waals surface area contributed by atoms with Gasteiger partial charge in [0.2, 0.25) is 29.7 Å². The number of aliphatic hydroxyl groups excluding tert-OH is 2. The van der Waals surface area contributed by atoms with Crippen molar-refractivity contribution in [1.82, 2.24) is 90.4 Å². The standard InChI is InChI=1S/C20H30N6O7.C20H30N6O6.C20H30N6O5.C15H23N5O2.C12H19N5O/c1-11-13(7-14(33-30)12(8-32-10-27)23-19(29)31-6)26-17(28)15-16(24(5)18(26)22-11)25(9-21-15)20(2,3)4;1-11-13(7-14(28)12(8-32-10-27)23-19(30)31-6)26-17(29)15-16(24(5)18(26)22-11)25(9-21-15)20(2,3)4;1-12-14(8-7-13(9-31-11-27)23-19(29)30-6)26-17(28)15-16(24(5)18(26)22-12)25(10-21-15)20(2,3)4;1-6-11(8-3-9(8)12(6)21)17-4-7-5-20(2)13-10(7)14(22)19-15(16)18-13;1-6(13)7-5-17(12(2,3)4)9-8(7)10(18)16-11(14)15-9/h9-10,12,14-16,30H,7-8H2,1-6H3,(H,23,29);9-10,12,14-16,28H,7-8H2,1-6H3,(H,23,30);10-11,13,15-16H,7-9H2,1-6H3,(H,23,29);5-6,8-13,17,21H,3-4H2,1-2H3,(H3,16,18,19,22);5,8-9,13H,1-4H3,(H3,14,15,16,18). The normalized spacial score (nSPS) is 26.1. The highest BCUT2D eigenvalue weighted by Crippen LogP contribution is 2.55. The molecule has 49 heteroatoms. The van der Waals surface area contributed by atoms with Gasteiger partial charge in [0.25, 0.3) is 37.1 Å². The second-order valence-corrected chi connectivity index (χ2v) is 39.4. The predicted molar refractivity (Wildman–Crippen MR) is 495 cm³/mol. The van der Waals surface area contributed by atoms with Crippen molar-refractivity contribution in [3.63, 3.8) is 0 Å². The van der Waals surface area contributed by atoms with Crippen LogP contribution in [0.15, 0.2) is 43.5 Å². The molecule has 20 unspecified atom stereocenters. The molecule has 49 nitrogen and oxygen atoms in total. The number of nitrogens with zero attached hydrogens (tertiary/aromatic N) is 18. The van der Waals surface area contributed by atoms with Crippen LogP contribution in [0.1, 0.15) is 158 Å². The number of aliphatic hydroxyl groups is 2. The van der Waals surface area contributed by atoms with Crippen LogP contribution in [-0.2, 0) is 76.5 Å². The first-order chi connectivity index (χ1) is 63.8. The average molecular weight is 1910 g/mol. The maximum Gasteiger partial charge on any atom is 0.407 e. The van der Waals surface area contributed by atoms with Gasteiger partial charge in [-0.05, 0) is 153 Å². The Labute approximate surface area is 788 Å². The Morgan fingerprint density at radius 2 is 1.03 bits per heavy atom. The van der Waals surface area contributed by atoms with Gasteiger partial charge in [-0.1, -0.05) is 6.92 Å². The van der Waals surface area contributed by atoms with Crippen molar-refractivity contribution in [2.75, 3.05) is 90.6 Å². The summed E-state index contributed by atoms with van der Waals surface area (Å²) in [5, 5.41) is 65.0. The fraction of sp³-hybridized carbons (Fsp3) is 0.655. The SMILES string of the molecule is CC(=N)C1=CN(C(C)(C)C)C2NC(=N)NC(=O)C12.CC1C(O)C2CC2C1NCC1=CN(C)C2N=C(N)NC(=O)C12.COC(=O)NC(CCc1c(C)nc2n1C(=O)C1N=CN(C(C)(C)C)C1N2C)COC=O.COC(=O)NC(COC=O)C(Cc1c(C)nc2n1C(=O)C1N=CN(C(C)(C)C)C1N2C)OO.COC(=O)NC(COC=O)C(O)Cc1c(C)nc2n1C(=O)C1N=CN(C(C)(C)C)C1N2C. The van der Waals surface area contributed by atoms with E-state index in [1.165, 1.54) is 30.5 Å². The number of ether oxygens (including phenoxy) is 6. The zero-order valence-corrected chi connectivity index (χ0v) is 81.3. The number of aliphatic imine (C=N–C) groups is 4. The summed E-state index contributed by atoms with van der Waals surface area (Å²) >= 11 is 0. The number of fused-ring (bicyclic) bond motifs is 9. The third kappa shape index (κ3) is 21.3. The molecule has 3 aromatic heterocycles. The predicted octanol–water partition coefficient (Wildman–Crippen LogP) is 0.713. The highest BCUT2D eigenvalue weighted by atomic mass is 17.1. The largest absolute Gasteiger partial charge is 0.466 e. The zero-order valence-electron chi connectivity index (χ0n) is 81.3. The highest BCUT2D eigenvalue weighted by Gasteiger charge is 2.59. The van der Waals surface area contributed by atoms with Gasteiger partial charge in [0.15, 0.2) is 30.0 Å². The number of carbonyl (C=O) groups excluding carboxylic acids is 11. The van der Waals surface area contributed by atoms with E-state index in [0.717, 1.165) is 23.4 Å². The van der Waals surface area contributed by atoms with Crippen molar-refractivity contribution in [1.29, 1.82) is 10.8 Å². The number of hydrogen-bond acceptors (Lipinski definition) is 40. The van der Waals surface area contributed by atoms with Crippen LogP contribution < -0.4 is 57.7 Å². The molecule has 20 atom stereocenters. The molecular formula is C87H132N28O21. The first-order valence-corrected chi connectivity index (χ1v) is 44.7. The number of amides is 5. The number of anilines is 3. The number of nitrogens with two attached hydrogens (primary N) is 1. The van der Waals surface area contributed by atoms with Crippen molar-refractivity contribution in [3.8, 4) is 0 Å². The molecule has 136 heavy (non-hydrogen) atoms. The van der Waals surface area contributed by atoms with Crippen LogP contribution in [-0.4, -0.2) is 362 Å². The average Bonchev–Trinajstić information content (AvgIpc) is 1.57. The van der Waals surface area contributed by atoms with E-state index in [4.69, 9.17) is 30.8 Å². The van der Waals surface area contributed by atoms with Gasteiger partial charge in [0, 0.05) is 99.5 Å². The van der Waals surface area contributed by atoms with E-state index in [0.29, 0.717) is 95.6 Å². The van der Waals surface area contributed by atoms with Gasteiger partial charge in [-0.25, -0.2) is 39.2 Å². The number of rotatable bonds is 26. The van der Waals surface area contributed by atoms with Gasteiger partial charge >= 0.3 is 18.3 Å². The Morgan fingerprint density at radius 1 is 0.603 bits per heavy atom. The van der Waals surface area contributed by atoms with E-state index in [-0.39, 0.29) is 158 Å². The molecule has 0 aromatic carbocycles. The molecular weight excluding hydrogens is 1770 g/mol. The molecule has 2 aliphatic carbocycles. The molecule has 15 rings (SSSR count). The topological polar surface area (TPSA) is 600 Å². The highest BCUT2D eigenvalue weighted by molar-refractivity contribution is 6.08. The number of likely N-dealkylation sites (N-methyl/N-ethyl adjacent to an activating group) is 3. The van der Waals surface area contributed by atoms with E-state index < -0.39 is 72.7 Å². The van der Waals surface area contributed by atoms with Gasteiger partial charge in [0.05, 0.1) is 105 Å².